The summed E-state index contributed by atoms with van der Waals surface area (Å²) in [6.07, 6.45) is 1.86. The van der Waals surface area contributed by atoms with E-state index in [0.717, 1.165) is 23.7 Å². The first-order valence-electron chi connectivity index (χ1n) is 6.08. The van der Waals surface area contributed by atoms with Crippen LogP contribution in [0.4, 0.5) is 0 Å². The van der Waals surface area contributed by atoms with Gasteiger partial charge in [-0.05, 0) is 12.1 Å². The number of rotatable bonds is 6. The maximum Gasteiger partial charge on any atom is 0.134 e. The highest BCUT2D eigenvalue weighted by atomic mass is 32.1. The van der Waals surface area contributed by atoms with E-state index in [4.69, 9.17) is 4.74 Å². The van der Waals surface area contributed by atoms with Crippen LogP contribution in [-0.4, -0.2) is 18.6 Å². The second-order valence-electron chi connectivity index (χ2n) is 3.97. The van der Waals surface area contributed by atoms with Crippen molar-refractivity contribution < 1.29 is 4.74 Å². The zero-order valence-electron chi connectivity index (χ0n) is 10.7. The average Bonchev–Trinajstić information content (AvgIpc) is 2.87. The highest BCUT2D eigenvalue weighted by Gasteiger charge is 2.16. The first kappa shape index (κ1) is 13.2. The van der Waals surface area contributed by atoms with Crippen LogP contribution in [0.25, 0.3) is 0 Å². The summed E-state index contributed by atoms with van der Waals surface area (Å²) < 4.78 is 5.57. The Morgan fingerprint density at radius 3 is 2.78 bits per heavy atom. The number of ether oxygens (including phenoxy) is 1. The quantitative estimate of drug-likeness (QED) is 0.869. The SMILES string of the molecule is CCNCc1cnc(C(OC)c2ccccc2)s1. The Morgan fingerprint density at radius 2 is 2.11 bits per heavy atom. The molecule has 1 N–H and O–H groups in total. The molecule has 2 aromatic rings. The van der Waals surface area contributed by atoms with Gasteiger partial charge in [-0.1, -0.05) is 37.3 Å². The van der Waals surface area contributed by atoms with E-state index in [9.17, 15) is 0 Å². The Bertz CT molecular complexity index is 470. The Labute approximate surface area is 112 Å². The third kappa shape index (κ3) is 3.16. The molecule has 0 radical (unpaired) electrons. The molecule has 0 aliphatic rings. The molecule has 3 nitrogen and oxygen atoms in total. The van der Waals surface area contributed by atoms with Gasteiger partial charge in [0.2, 0.25) is 0 Å². The zero-order chi connectivity index (χ0) is 12.8. The summed E-state index contributed by atoms with van der Waals surface area (Å²) in [7, 11) is 1.73. The third-order valence-electron chi connectivity index (χ3n) is 2.68. The smallest absolute Gasteiger partial charge is 0.134 e. The second-order valence-corrected chi connectivity index (χ2v) is 5.12. The highest BCUT2D eigenvalue weighted by molar-refractivity contribution is 7.11. The molecular weight excluding hydrogens is 244 g/mol. The Kier molecular flexibility index (Phi) is 4.87. The number of nitrogens with one attached hydrogen (secondary N) is 1. The van der Waals surface area contributed by atoms with Crippen LogP contribution >= 0.6 is 11.3 Å². The van der Waals surface area contributed by atoms with Gasteiger partial charge >= 0.3 is 0 Å². The lowest BCUT2D eigenvalue weighted by Gasteiger charge is -2.12. The number of hydrogen-bond acceptors (Lipinski definition) is 4. The molecular formula is C14H18N2OS. The molecule has 1 atom stereocenters. The van der Waals surface area contributed by atoms with Crippen molar-refractivity contribution in [2.24, 2.45) is 0 Å². The van der Waals surface area contributed by atoms with Gasteiger partial charge in [-0.3, -0.25) is 0 Å². The van der Waals surface area contributed by atoms with Crippen LogP contribution in [-0.2, 0) is 11.3 Å². The van der Waals surface area contributed by atoms with Gasteiger partial charge in [-0.25, -0.2) is 4.98 Å². The Hall–Kier alpha value is -1.23. The second kappa shape index (κ2) is 6.64. The fraction of sp³-hybridized carbons (Fsp3) is 0.357. The van der Waals surface area contributed by atoms with Gasteiger partial charge in [-0.15, -0.1) is 11.3 Å². The number of nitrogens with zero attached hydrogens (tertiary/aromatic N) is 1. The zero-order valence-corrected chi connectivity index (χ0v) is 11.5. The summed E-state index contributed by atoms with van der Waals surface area (Å²) in [6, 6.07) is 10.2. The standard InChI is InChI=1S/C14H18N2OS/c1-3-15-9-12-10-16-14(18-12)13(17-2)11-7-5-4-6-8-11/h4-8,10,13,15H,3,9H2,1-2H3. The summed E-state index contributed by atoms with van der Waals surface area (Å²) in [5.41, 5.74) is 1.14. The topological polar surface area (TPSA) is 34.2 Å². The summed E-state index contributed by atoms with van der Waals surface area (Å²) in [5.74, 6) is 0. The molecule has 0 saturated heterocycles. The third-order valence-corrected chi connectivity index (χ3v) is 3.72. The molecule has 18 heavy (non-hydrogen) atoms. The maximum absolute atomic E-state index is 5.57. The molecule has 4 heteroatoms. The van der Waals surface area contributed by atoms with E-state index in [1.807, 2.05) is 24.4 Å². The first-order valence-corrected chi connectivity index (χ1v) is 6.89. The van der Waals surface area contributed by atoms with Crippen LogP contribution < -0.4 is 5.32 Å². The molecule has 1 heterocycles. The van der Waals surface area contributed by atoms with E-state index in [2.05, 4.69) is 29.4 Å². The van der Waals surface area contributed by atoms with Gasteiger partial charge in [0.05, 0.1) is 0 Å². The van der Waals surface area contributed by atoms with Gasteiger partial charge < -0.3 is 10.1 Å². The lowest BCUT2D eigenvalue weighted by atomic mass is 10.1. The van der Waals surface area contributed by atoms with E-state index >= 15 is 0 Å². The Morgan fingerprint density at radius 1 is 1.33 bits per heavy atom. The summed E-state index contributed by atoms with van der Waals surface area (Å²) in [5, 5.41) is 4.31. The molecule has 2 rings (SSSR count). The van der Waals surface area contributed by atoms with Crippen LogP contribution in [0.3, 0.4) is 0 Å². The molecule has 0 bridgehead atoms. The van der Waals surface area contributed by atoms with Crippen LogP contribution in [0.2, 0.25) is 0 Å². The molecule has 0 spiro atoms. The molecule has 0 aliphatic carbocycles. The van der Waals surface area contributed by atoms with Crippen molar-refractivity contribution in [3.05, 3.63) is 52.0 Å². The van der Waals surface area contributed by atoms with E-state index in [-0.39, 0.29) is 6.10 Å². The van der Waals surface area contributed by atoms with Crippen molar-refractivity contribution >= 4 is 11.3 Å². The van der Waals surface area contributed by atoms with E-state index in [1.54, 1.807) is 18.4 Å². The number of thiazole rings is 1. The van der Waals surface area contributed by atoms with Crippen molar-refractivity contribution in [1.29, 1.82) is 0 Å². The molecule has 1 aromatic heterocycles. The Balaban J connectivity index is 2.15. The number of hydrogen-bond donors (Lipinski definition) is 1. The fourth-order valence-corrected chi connectivity index (χ4v) is 2.77. The minimum atomic E-state index is -0.0634. The minimum Gasteiger partial charge on any atom is -0.370 e. The molecule has 0 fully saturated rings. The van der Waals surface area contributed by atoms with Crippen LogP contribution in [0, 0.1) is 0 Å². The molecule has 0 aliphatic heterocycles. The lowest BCUT2D eigenvalue weighted by molar-refractivity contribution is 0.136. The average molecular weight is 262 g/mol. The number of benzene rings is 1. The highest BCUT2D eigenvalue weighted by Crippen LogP contribution is 2.28. The monoisotopic (exact) mass is 262 g/mol. The number of methoxy groups -OCH3 is 1. The first-order chi connectivity index (χ1) is 8.85. The van der Waals surface area contributed by atoms with E-state index in [0.29, 0.717) is 0 Å². The van der Waals surface area contributed by atoms with Crippen molar-refractivity contribution in [3.63, 3.8) is 0 Å². The molecule has 1 unspecified atom stereocenters. The van der Waals surface area contributed by atoms with Crippen molar-refractivity contribution in [2.45, 2.75) is 19.6 Å². The van der Waals surface area contributed by atoms with Gasteiger partial charge in [0.15, 0.2) is 0 Å². The normalized spacial score (nSPS) is 12.6. The van der Waals surface area contributed by atoms with Gasteiger partial charge in [0.1, 0.15) is 11.1 Å². The van der Waals surface area contributed by atoms with Crippen LogP contribution in [0.5, 0.6) is 0 Å². The van der Waals surface area contributed by atoms with Crippen molar-refractivity contribution in [2.75, 3.05) is 13.7 Å². The molecule has 0 saturated carbocycles. The predicted octanol–water partition coefficient (Wildman–Crippen LogP) is 2.99. The summed E-state index contributed by atoms with van der Waals surface area (Å²) in [6.45, 7) is 3.95. The minimum absolute atomic E-state index is 0.0634. The van der Waals surface area contributed by atoms with E-state index < -0.39 is 0 Å². The molecule has 96 valence electrons. The predicted molar refractivity (Wildman–Crippen MR) is 74.8 cm³/mol. The maximum atomic E-state index is 5.57. The van der Waals surface area contributed by atoms with Crippen LogP contribution in [0.1, 0.15) is 28.5 Å². The van der Waals surface area contributed by atoms with E-state index in [1.165, 1.54) is 4.88 Å². The largest absolute Gasteiger partial charge is 0.370 e. The van der Waals surface area contributed by atoms with Gasteiger partial charge in [0, 0.05) is 24.7 Å². The van der Waals surface area contributed by atoms with Crippen molar-refractivity contribution in [3.8, 4) is 0 Å². The fourth-order valence-electron chi connectivity index (χ4n) is 1.78. The van der Waals surface area contributed by atoms with Gasteiger partial charge in [0.25, 0.3) is 0 Å². The number of aromatic nitrogens is 1. The van der Waals surface area contributed by atoms with Crippen LogP contribution in [0.15, 0.2) is 36.5 Å². The van der Waals surface area contributed by atoms with Gasteiger partial charge in [-0.2, -0.15) is 0 Å². The van der Waals surface area contributed by atoms with Crippen molar-refractivity contribution in [1.82, 2.24) is 10.3 Å². The summed E-state index contributed by atoms with van der Waals surface area (Å²) >= 11 is 1.70. The lowest BCUT2D eigenvalue weighted by Crippen LogP contribution is -2.10. The summed E-state index contributed by atoms with van der Waals surface area (Å²) in [4.78, 5) is 5.71. The molecule has 1 aromatic carbocycles. The molecule has 0 amide bonds.